The van der Waals surface area contributed by atoms with Gasteiger partial charge in [0.05, 0.1) is 0 Å². The van der Waals surface area contributed by atoms with Crippen molar-refractivity contribution < 1.29 is 0 Å². The molecule has 1 rings (SSSR count). The van der Waals surface area contributed by atoms with Crippen LogP contribution in [0, 0.1) is 0 Å². The minimum absolute atomic E-state index is 0.444. The summed E-state index contributed by atoms with van der Waals surface area (Å²) in [5, 5.41) is 0.444. The molecule has 82 valence electrons. The summed E-state index contributed by atoms with van der Waals surface area (Å²) in [6.45, 7) is 0. The van der Waals surface area contributed by atoms with Gasteiger partial charge in [-0.1, -0.05) is 37.8 Å². The Morgan fingerprint density at radius 1 is 0.714 bits per heavy atom. The largest absolute Gasteiger partial charge is 0.123 e. The van der Waals surface area contributed by atoms with E-state index in [1.807, 2.05) is 0 Å². The lowest BCUT2D eigenvalue weighted by Crippen LogP contribution is -1.98. The number of allylic oxidation sites excluding steroid dienone is 2. The van der Waals surface area contributed by atoms with Crippen molar-refractivity contribution in [1.82, 2.24) is 0 Å². The fourth-order valence-electron chi connectivity index (χ4n) is 1.99. The second-order valence-electron chi connectivity index (χ2n) is 4.34. The topological polar surface area (TPSA) is 0 Å². The van der Waals surface area contributed by atoms with E-state index in [2.05, 4.69) is 12.2 Å². The second-order valence-corrected chi connectivity index (χ2v) is 4.96. The van der Waals surface area contributed by atoms with Crippen LogP contribution < -0.4 is 0 Å². The average Bonchev–Trinajstić information content (AvgIpc) is 2.20. The molecule has 0 radical (unpaired) electrons. The molecule has 1 heteroatoms. The summed E-state index contributed by atoms with van der Waals surface area (Å²) in [6.07, 6.45) is 17.8. The summed E-state index contributed by atoms with van der Waals surface area (Å²) in [6, 6.07) is 0. The number of alkyl halides is 1. The number of halogens is 1. The second kappa shape index (κ2) is 8.35. The Morgan fingerprint density at radius 2 is 1.21 bits per heavy atom. The predicted octanol–water partition coefficient (Wildman–Crippen LogP) is 5.06. The summed E-state index contributed by atoms with van der Waals surface area (Å²) in [4.78, 5) is 0. The van der Waals surface area contributed by atoms with Gasteiger partial charge in [-0.2, -0.15) is 0 Å². The lowest BCUT2D eigenvalue weighted by atomic mass is 10.1. The van der Waals surface area contributed by atoms with Gasteiger partial charge in [-0.3, -0.25) is 0 Å². The molecule has 1 aliphatic rings. The van der Waals surface area contributed by atoms with Gasteiger partial charge in [0.1, 0.15) is 0 Å². The van der Waals surface area contributed by atoms with Crippen LogP contribution >= 0.6 is 11.6 Å². The Balaban J connectivity index is 2.19. The van der Waals surface area contributed by atoms with Gasteiger partial charge < -0.3 is 0 Å². The van der Waals surface area contributed by atoms with E-state index >= 15 is 0 Å². The third kappa shape index (κ3) is 6.48. The molecule has 0 fully saturated rings. The molecule has 0 bridgehead atoms. The van der Waals surface area contributed by atoms with Crippen molar-refractivity contribution in [3.63, 3.8) is 0 Å². The average molecular weight is 215 g/mol. The van der Waals surface area contributed by atoms with Crippen LogP contribution in [0.5, 0.6) is 0 Å². The molecule has 0 aromatic heterocycles. The third-order valence-corrected chi connectivity index (χ3v) is 3.38. The number of hydrogen-bond acceptors (Lipinski definition) is 0. The number of rotatable bonds is 0. The maximum atomic E-state index is 6.24. The summed E-state index contributed by atoms with van der Waals surface area (Å²) < 4.78 is 0. The van der Waals surface area contributed by atoms with Crippen molar-refractivity contribution in [2.75, 3.05) is 0 Å². The van der Waals surface area contributed by atoms with Gasteiger partial charge in [-0.25, -0.2) is 0 Å². The maximum absolute atomic E-state index is 6.24. The van der Waals surface area contributed by atoms with E-state index in [1.165, 1.54) is 64.2 Å². The van der Waals surface area contributed by atoms with Crippen LogP contribution in [0.3, 0.4) is 0 Å². The van der Waals surface area contributed by atoms with Gasteiger partial charge >= 0.3 is 0 Å². The van der Waals surface area contributed by atoms with E-state index in [0.717, 1.165) is 0 Å². The van der Waals surface area contributed by atoms with Crippen LogP contribution in [0.25, 0.3) is 0 Å². The Hall–Kier alpha value is 0.0300. The standard InChI is InChI=1S/C13H23Cl/c14-13-11-9-7-5-3-1-2-4-6-8-10-12-13/h1,3,13H,2,4-12H2/b3-1-. The molecular weight excluding hydrogens is 192 g/mol. The highest BCUT2D eigenvalue weighted by atomic mass is 35.5. The fourth-order valence-corrected chi connectivity index (χ4v) is 2.30. The summed E-state index contributed by atoms with van der Waals surface area (Å²) >= 11 is 6.24. The van der Waals surface area contributed by atoms with E-state index < -0.39 is 0 Å². The molecule has 0 saturated carbocycles. The van der Waals surface area contributed by atoms with Crippen LogP contribution in [-0.4, -0.2) is 5.38 Å². The van der Waals surface area contributed by atoms with Crippen LogP contribution in [0.15, 0.2) is 12.2 Å². The molecule has 14 heavy (non-hydrogen) atoms. The maximum Gasteiger partial charge on any atom is 0.0336 e. The molecule has 0 heterocycles. The molecule has 0 aromatic carbocycles. The van der Waals surface area contributed by atoms with Crippen molar-refractivity contribution in [1.29, 1.82) is 0 Å². The molecule has 1 unspecified atom stereocenters. The molecular formula is C13H23Cl. The quantitative estimate of drug-likeness (QED) is 0.390. The Morgan fingerprint density at radius 3 is 1.93 bits per heavy atom. The highest BCUT2D eigenvalue weighted by Gasteiger charge is 2.03. The van der Waals surface area contributed by atoms with Crippen molar-refractivity contribution in [3.05, 3.63) is 12.2 Å². The van der Waals surface area contributed by atoms with E-state index in [9.17, 15) is 0 Å². The van der Waals surface area contributed by atoms with Crippen molar-refractivity contribution in [2.24, 2.45) is 0 Å². The molecule has 0 N–H and O–H groups in total. The molecule has 0 aliphatic heterocycles. The van der Waals surface area contributed by atoms with Gasteiger partial charge in [0, 0.05) is 5.38 Å². The minimum atomic E-state index is 0.444. The molecule has 0 aromatic rings. The highest BCUT2D eigenvalue weighted by molar-refractivity contribution is 6.20. The first kappa shape index (κ1) is 12.1. The SMILES string of the molecule is ClC1CCCC/C=C\CCCCCC1. The van der Waals surface area contributed by atoms with Gasteiger partial charge in [-0.15, -0.1) is 11.6 Å². The Bertz CT molecular complexity index is 151. The zero-order valence-electron chi connectivity index (χ0n) is 9.18. The van der Waals surface area contributed by atoms with Crippen molar-refractivity contribution in [3.8, 4) is 0 Å². The fraction of sp³-hybridized carbons (Fsp3) is 0.846. The lowest BCUT2D eigenvalue weighted by Gasteiger charge is -2.07. The first-order valence-electron chi connectivity index (χ1n) is 6.18. The van der Waals surface area contributed by atoms with Crippen molar-refractivity contribution in [2.45, 2.75) is 69.6 Å². The van der Waals surface area contributed by atoms with Crippen LogP contribution in [0.2, 0.25) is 0 Å². The van der Waals surface area contributed by atoms with E-state index in [4.69, 9.17) is 11.6 Å². The molecule has 1 aliphatic carbocycles. The van der Waals surface area contributed by atoms with Crippen LogP contribution in [0.1, 0.15) is 64.2 Å². The first-order chi connectivity index (χ1) is 6.89. The van der Waals surface area contributed by atoms with Crippen LogP contribution in [-0.2, 0) is 0 Å². The van der Waals surface area contributed by atoms with Gasteiger partial charge in [0.2, 0.25) is 0 Å². The minimum Gasteiger partial charge on any atom is -0.123 e. The Kier molecular flexibility index (Phi) is 7.22. The van der Waals surface area contributed by atoms with E-state index in [-0.39, 0.29) is 0 Å². The monoisotopic (exact) mass is 214 g/mol. The van der Waals surface area contributed by atoms with Gasteiger partial charge in [0.25, 0.3) is 0 Å². The van der Waals surface area contributed by atoms with Crippen molar-refractivity contribution >= 4 is 11.6 Å². The normalized spacial score (nSPS) is 29.6. The number of hydrogen-bond donors (Lipinski definition) is 0. The zero-order valence-corrected chi connectivity index (χ0v) is 9.94. The molecule has 0 spiro atoms. The Labute approximate surface area is 93.7 Å². The van der Waals surface area contributed by atoms with Gasteiger partial charge in [-0.05, 0) is 38.5 Å². The van der Waals surface area contributed by atoms with Crippen LogP contribution in [0.4, 0.5) is 0 Å². The van der Waals surface area contributed by atoms with Gasteiger partial charge in [0.15, 0.2) is 0 Å². The molecule has 0 nitrogen and oxygen atoms in total. The summed E-state index contributed by atoms with van der Waals surface area (Å²) in [7, 11) is 0. The molecule has 0 saturated heterocycles. The first-order valence-corrected chi connectivity index (χ1v) is 6.62. The molecule has 0 amide bonds. The lowest BCUT2D eigenvalue weighted by molar-refractivity contribution is 0.570. The third-order valence-electron chi connectivity index (χ3n) is 2.94. The summed E-state index contributed by atoms with van der Waals surface area (Å²) in [5.41, 5.74) is 0. The smallest absolute Gasteiger partial charge is 0.0336 e. The molecule has 1 atom stereocenters. The zero-order chi connectivity index (χ0) is 10.1. The van der Waals surface area contributed by atoms with E-state index in [1.54, 1.807) is 0 Å². The highest BCUT2D eigenvalue weighted by Crippen LogP contribution is 2.17. The summed E-state index contributed by atoms with van der Waals surface area (Å²) in [5.74, 6) is 0. The predicted molar refractivity (Wildman–Crippen MR) is 65.0 cm³/mol. The van der Waals surface area contributed by atoms with E-state index in [0.29, 0.717) is 5.38 Å².